The molecule has 2 aromatic carbocycles. The predicted molar refractivity (Wildman–Crippen MR) is 96.4 cm³/mol. The Kier molecular flexibility index (Phi) is 4.66. The molecule has 0 bridgehead atoms. The highest BCUT2D eigenvalue weighted by atomic mass is 79.9. The van der Waals surface area contributed by atoms with Gasteiger partial charge in [-0.15, -0.1) is 0 Å². The first-order valence-electron chi connectivity index (χ1n) is 6.41. The first-order valence-corrected chi connectivity index (χ1v) is 8.40. The number of halogens is 2. The molecule has 1 amide bonds. The SMILES string of the molecule is O=C1NC(=Nc2ccccc2Br)SC1=Cc1ccc(Cl)cc1. The topological polar surface area (TPSA) is 41.5 Å². The number of amides is 1. The Morgan fingerprint density at radius 3 is 2.59 bits per heavy atom. The van der Waals surface area contributed by atoms with Crippen LogP contribution < -0.4 is 5.32 Å². The maximum atomic E-state index is 12.0. The number of nitrogens with one attached hydrogen (secondary N) is 1. The Hall–Kier alpha value is -1.56. The van der Waals surface area contributed by atoms with E-state index < -0.39 is 0 Å². The molecule has 0 aliphatic carbocycles. The van der Waals surface area contributed by atoms with Crippen molar-refractivity contribution in [1.29, 1.82) is 0 Å². The number of nitrogens with zero attached hydrogens (tertiary/aromatic N) is 1. The van der Waals surface area contributed by atoms with Gasteiger partial charge in [0.2, 0.25) is 0 Å². The van der Waals surface area contributed by atoms with E-state index in [4.69, 9.17) is 11.6 Å². The van der Waals surface area contributed by atoms with Gasteiger partial charge in [-0.05, 0) is 63.6 Å². The van der Waals surface area contributed by atoms with Crippen molar-refractivity contribution in [3.63, 3.8) is 0 Å². The normalized spacial score (nSPS) is 18.0. The molecule has 3 nitrogen and oxygen atoms in total. The molecule has 1 aliphatic heterocycles. The van der Waals surface area contributed by atoms with Gasteiger partial charge >= 0.3 is 0 Å². The lowest BCUT2D eigenvalue weighted by molar-refractivity contribution is -0.115. The van der Waals surface area contributed by atoms with Crippen LogP contribution in [0, 0.1) is 0 Å². The fourth-order valence-electron chi connectivity index (χ4n) is 1.84. The van der Waals surface area contributed by atoms with Crippen molar-refractivity contribution in [3.05, 3.63) is 68.5 Å². The molecule has 110 valence electrons. The number of amidine groups is 1. The van der Waals surface area contributed by atoms with Crippen molar-refractivity contribution in [1.82, 2.24) is 5.32 Å². The molecule has 22 heavy (non-hydrogen) atoms. The highest BCUT2D eigenvalue weighted by molar-refractivity contribution is 9.10. The van der Waals surface area contributed by atoms with Crippen LogP contribution in [0.25, 0.3) is 6.08 Å². The number of carbonyl (C=O) groups is 1. The molecule has 6 heteroatoms. The van der Waals surface area contributed by atoms with Gasteiger partial charge in [0.25, 0.3) is 5.91 Å². The van der Waals surface area contributed by atoms with Gasteiger partial charge in [-0.2, -0.15) is 0 Å². The van der Waals surface area contributed by atoms with Crippen LogP contribution >= 0.6 is 39.3 Å². The van der Waals surface area contributed by atoms with Crippen LogP contribution in [0.15, 0.2) is 62.9 Å². The number of carbonyl (C=O) groups excluding carboxylic acids is 1. The number of benzene rings is 2. The van der Waals surface area contributed by atoms with Crippen LogP contribution in [0.1, 0.15) is 5.56 Å². The standard InChI is InChI=1S/C16H10BrClN2OS/c17-12-3-1-2-4-13(12)19-16-20-15(21)14(22-16)9-10-5-7-11(18)8-6-10/h1-9H,(H,19,20,21). The highest BCUT2D eigenvalue weighted by Crippen LogP contribution is 2.30. The molecule has 0 saturated carbocycles. The second-order valence-electron chi connectivity index (χ2n) is 4.48. The summed E-state index contributed by atoms with van der Waals surface area (Å²) in [5.74, 6) is -0.147. The van der Waals surface area contributed by atoms with Gasteiger partial charge in [-0.25, -0.2) is 4.99 Å². The van der Waals surface area contributed by atoms with Crippen LogP contribution in [-0.2, 0) is 4.79 Å². The van der Waals surface area contributed by atoms with Gasteiger partial charge in [0.05, 0.1) is 10.6 Å². The van der Waals surface area contributed by atoms with Crippen LogP contribution in [0.2, 0.25) is 5.02 Å². The quantitative estimate of drug-likeness (QED) is 0.730. The Morgan fingerprint density at radius 1 is 1.14 bits per heavy atom. The lowest BCUT2D eigenvalue weighted by atomic mass is 10.2. The first-order chi connectivity index (χ1) is 10.6. The van der Waals surface area contributed by atoms with Gasteiger partial charge in [-0.3, -0.25) is 4.79 Å². The van der Waals surface area contributed by atoms with E-state index in [1.165, 1.54) is 11.8 Å². The summed E-state index contributed by atoms with van der Waals surface area (Å²) in [6.07, 6.45) is 1.82. The van der Waals surface area contributed by atoms with Crippen molar-refractivity contribution < 1.29 is 4.79 Å². The number of thioether (sulfide) groups is 1. The average Bonchev–Trinajstić information content (AvgIpc) is 2.84. The average molecular weight is 394 g/mol. The predicted octanol–water partition coefficient (Wildman–Crippen LogP) is 4.99. The molecule has 0 atom stereocenters. The van der Waals surface area contributed by atoms with E-state index in [1.54, 1.807) is 12.1 Å². The molecule has 0 aromatic heterocycles. The summed E-state index contributed by atoms with van der Waals surface area (Å²) in [5, 5.41) is 4.01. The smallest absolute Gasteiger partial charge is 0.264 e. The van der Waals surface area contributed by atoms with Crippen molar-refractivity contribution in [2.24, 2.45) is 4.99 Å². The van der Waals surface area contributed by atoms with Gasteiger partial charge in [0, 0.05) is 9.50 Å². The molecule has 0 spiro atoms. The molecule has 1 N–H and O–H groups in total. The lowest BCUT2D eigenvalue weighted by Crippen LogP contribution is -2.19. The van der Waals surface area contributed by atoms with E-state index in [-0.39, 0.29) is 5.91 Å². The number of rotatable bonds is 2. The van der Waals surface area contributed by atoms with Crippen molar-refractivity contribution in [2.45, 2.75) is 0 Å². The fourth-order valence-corrected chi connectivity index (χ4v) is 3.18. The molecule has 2 aromatic rings. The summed E-state index contributed by atoms with van der Waals surface area (Å²) in [6.45, 7) is 0. The van der Waals surface area contributed by atoms with Crippen LogP contribution in [0.3, 0.4) is 0 Å². The highest BCUT2D eigenvalue weighted by Gasteiger charge is 2.23. The van der Waals surface area contributed by atoms with Gasteiger partial charge in [-0.1, -0.05) is 35.9 Å². The maximum Gasteiger partial charge on any atom is 0.264 e. The van der Waals surface area contributed by atoms with Gasteiger partial charge in [0.15, 0.2) is 5.17 Å². The van der Waals surface area contributed by atoms with Crippen molar-refractivity contribution >= 4 is 62.1 Å². The number of hydrogen-bond donors (Lipinski definition) is 1. The van der Waals surface area contributed by atoms with Crippen LogP contribution in [-0.4, -0.2) is 11.1 Å². The van der Waals surface area contributed by atoms with Crippen molar-refractivity contribution in [3.8, 4) is 0 Å². The molecule has 0 unspecified atom stereocenters. The third-order valence-corrected chi connectivity index (χ3v) is 4.73. The first kappa shape index (κ1) is 15.3. The van der Waals surface area contributed by atoms with E-state index in [2.05, 4.69) is 26.2 Å². The molecule has 1 aliphatic rings. The molecule has 1 saturated heterocycles. The zero-order chi connectivity index (χ0) is 15.5. The summed E-state index contributed by atoms with van der Waals surface area (Å²) < 4.78 is 0.882. The zero-order valence-electron chi connectivity index (χ0n) is 11.2. The Labute approximate surface area is 145 Å². The van der Waals surface area contributed by atoms with Gasteiger partial charge < -0.3 is 5.32 Å². The Morgan fingerprint density at radius 2 is 1.86 bits per heavy atom. The minimum Gasteiger partial charge on any atom is -0.300 e. The maximum absolute atomic E-state index is 12.0. The second-order valence-corrected chi connectivity index (χ2v) is 6.81. The molecule has 3 rings (SSSR count). The third kappa shape index (κ3) is 3.61. The summed E-state index contributed by atoms with van der Waals surface area (Å²) in [7, 11) is 0. The molecular formula is C16H10BrClN2OS. The molecule has 1 heterocycles. The number of aliphatic imine (C=N–C) groups is 1. The van der Waals surface area contributed by atoms with Crippen molar-refractivity contribution in [2.75, 3.05) is 0 Å². The van der Waals surface area contributed by atoms with Crippen LogP contribution in [0.5, 0.6) is 0 Å². The van der Waals surface area contributed by atoms with E-state index in [0.29, 0.717) is 15.1 Å². The monoisotopic (exact) mass is 392 g/mol. The van der Waals surface area contributed by atoms with E-state index >= 15 is 0 Å². The van der Waals surface area contributed by atoms with Gasteiger partial charge in [0.1, 0.15) is 0 Å². The summed E-state index contributed by atoms with van der Waals surface area (Å²) in [4.78, 5) is 17.1. The fraction of sp³-hybridized carbons (Fsp3) is 0. The number of para-hydroxylation sites is 1. The van der Waals surface area contributed by atoms with E-state index in [0.717, 1.165) is 15.7 Å². The molecular weight excluding hydrogens is 384 g/mol. The zero-order valence-corrected chi connectivity index (χ0v) is 14.4. The number of hydrogen-bond acceptors (Lipinski definition) is 3. The molecule has 0 radical (unpaired) electrons. The largest absolute Gasteiger partial charge is 0.300 e. The minimum absolute atomic E-state index is 0.147. The minimum atomic E-state index is -0.147. The Balaban J connectivity index is 1.84. The van der Waals surface area contributed by atoms with Crippen LogP contribution in [0.4, 0.5) is 5.69 Å². The summed E-state index contributed by atoms with van der Waals surface area (Å²) in [5.41, 5.74) is 1.70. The molecule has 1 fully saturated rings. The van der Waals surface area contributed by atoms with E-state index in [9.17, 15) is 4.79 Å². The second kappa shape index (κ2) is 6.69. The lowest BCUT2D eigenvalue weighted by Gasteiger charge is -1.98. The summed E-state index contributed by atoms with van der Waals surface area (Å²) >= 11 is 10.6. The van der Waals surface area contributed by atoms with E-state index in [1.807, 2.05) is 42.5 Å². The Bertz CT molecular complexity index is 787. The summed E-state index contributed by atoms with van der Waals surface area (Å²) in [6, 6.07) is 14.9. The third-order valence-electron chi connectivity index (χ3n) is 2.89.